The Morgan fingerprint density at radius 3 is 3.18 bits per heavy atom. The molecule has 2 heterocycles. The zero-order valence-corrected chi connectivity index (χ0v) is 5.12. The van der Waals surface area contributed by atoms with Gasteiger partial charge in [-0.1, -0.05) is 0 Å². The van der Waals surface area contributed by atoms with Crippen LogP contribution in [-0.2, 0) is 0 Å². The summed E-state index contributed by atoms with van der Waals surface area (Å²) in [6, 6.07) is 0. The molecule has 0 bridgehead atoms. The minimum atomic E-state index is -0.0671. The molecule has 2 aromatic rings. The number of hydrogen-bond acceptors (Lipinski definition) is 6. The Hall–Kier alpha value is -1.99. The van der Waals surface area contributed by atoms with E-state index in [1.165, 1.54) is 0 Å². The quantitative estimate of drug-likeness (QED) is 0.270. The summed E-state index contributed by atoms with van der Waals surface area (Å²) in [5.41, 5.74) is 0.125. The molecule has 0 fully saturated rings. The van der Waals surface area contributed by atoms with Gasteiger partial charge < -0.3 is 10.4 Å². The maximum atomic E-state index is 10.7. The number of rotatable bonds is 0. The monoisotopic (exact) mass is 154 g/mol. The van der Waals surface area contributed by atoms with Crippen LogP contribution in [0.3, 0.4) is 0 Å². The Balaban J connectivity index is 2.90. The van der Waals surface area contributed by atoms with Crippen LogP contribution in [0.25, 0.3) is 11.2 Å². The Kier molecular flexibility index (Phi) is 0.916. The van der Waals surface area contributed by atoms with E-state index in [1.807, 2.05) is 0 Å². The molecule has 0 aliphatic carbocycles. The molecule has 2 rings (SSSR count). The Morgan fingerprint density at radius 2 is 2.45 bits per heavy atom. The molecule has 8 nitrogen and oxygen atoms in total. The van der Waals surface area contributed by atoms with E-state index in [9.17, 15) is 5.21 Å². The molecule has 11 heavy (non-hydrogen) atoms. The lowest BCUT2D eigenvalue weighted by Gasteiger charge is -1.92. The molecule has 0 aromatic carbocycles. The van der Waals surface area contributed by atoms with E-state index in [0.29, 0.717) is 4.85 Å². The molecule has 0 saturated heterocycles. The highest BCUT2D eigenvalue weighted by atomic mass is 16.5. The summed E-state index contributed by atoms with van der Waals surface area (Å²) in [5.74, 6) is 0. The number of nitrogens with zero attached hydrogens (tertiary/aromatic N) is 6. The van der Waals surface area contributed by atoms with Crippen molar-refractivity contribution in [3.8, 4) is 0 Å². The molecule has 0 aliphatic rings. The predicted octanol–water partition coefficient (Wildman–Crippen LogP) is -1.91. The maximum Gasteiger partial charge on any atom is 0.340 e. The summed E-state index contributed by atoms with van der Waals surface area (Å²) in [4.78, 5) is 0.657. The predicted molar refractivity (Wildman–Crippen MR) is 29.3 cm³/mol. The third-order valence-corrected chi connectivity index (χ3v) is 1.12. The fourth-order valence-corrected chi connectivity index (χ4v) is 0.698. The zero-order valence-electron chi connectivity index (χ0n) is 5.12. The molecule has 56 valence electrons. The van der Waals surface area contributed by atoms with E-state index >= 15 is 0 Å². The smallest absolute Gasteiger partial charge is 0.340 e. The Morgan fingerprint density at radius 1 is 1.64 bits per heavy atom. The first-order valence-electron chi connectivity index (χ1n) is 2.65. The first-order valence-corrected chi connectivity index (χ1v) is 2.65. The standard InChI is InChI=1S/C3H2N6O2/c10-8-1-2-3(5-8)9(11)7-6-4-2/h1,10H. The highest BCUT2D eigenvalue weighted by Gasteiger charge is 2.10. The van der Waals surface area contributed by atoms with Crippen LogP contribution in [0.2, 0.25) is 0 Å². The first-order chi connectivity index (χ1) is 5.27. The molecule has 0 radical (unpaired) electrons. The van der Waals surface area contributed by atoms with Crippen molar-refractivity contribution in [2.24, 2.45) is 0 Å². The molecule has 0 spiro atoms. The van der Waals surface area contributed by atoms with Gasteiger partial charge in [0.15, 0.2) is 0 Å². The van der Waals surface area contributed by atoms with E-state index in [0.717, 1.165) is 6.20 Å². The van der Waals surface area contributed by atoms with Crippen LogP contribution < -0.4 is 4.85 Å². The second-order valence-electron chi connectivity index (χ2n) is 1.81. The second kappa shape index (κ2) is 1.75. The van der Waals surface area contributed by atoms with Crippen LogP contribution in [0.1, 0.15) is 0 Å². The Labute approximate surface area is 59.2 Å². The molecule has 8 heteroatoms. The summed E-state index contributed by atoms with van der Waals surface area (Å²) in [5, 5.41) is 32.4. The minimum Gasteiger partial charge on any atom is -0.721 e. The van der Waals surface area contributed by atoms with Gasteiger partial charge in [0.2, 0.25) is 5.52 Å². The third-order valence-electron chi connectivity index (χ3n) is 1.12. The van der Waals surface area contributed by atoms with Crippen LogP contribution in [0.4, 0.5) is 0 Å². The summed E-state index contributed by atoms with van der Waals surface area (Å²) in [6.07, 6.45) is 1.15. The molecular weight excluding hydrogens is 152 g/mol. The van der Waals surface area contributed by atoms with Gasteiger partial charge in [0.05, 0.1) is 5.21 Å². The minimum absolute atomic E-state index is 0.0671. The van der Waals surface area contributed by atoms with Gasteiger partial charge in [-0.25, -0.2) is 0 Å². The van der Waals surface area contributed by atoms with E-state index < -0.39 is 0 Å². The van der Waals surface area contributed by atoms with E-state index in [-0.39, 0.29) is 16.0 Å². The normalized spacial score (nSPS) is 10.5. The van der Waals surface area contributed by atoms with Crippen LogP contribution >= 0.6 is 0 Å². The average Bonchev–Trinajstić information content (AvgIpc) is 2.31. The maximum absolute atomic E-state index is 10.7. The van der Waals surface area contributed by atoms with Gasteiger partial charge in [-0.05, 0) is 9.94 Å². The third kappa shape index (κ3) is 0.723. The SMILES string of the molecule is [O-][n+]1nnnc2cn(O)nc21. The van der Waals surface area contributed by atoms with Crippen molar-refractivity contribution in [1.82, 2.24) is 25.5 Å². The molecule has 1 N–H and O–H groups in total. The van der Waals surface area contributed by atoms with Crippen molar-refractivity contribution in [1.29, 1.82) is 0 Å². The summed E-state index contributed by atoms with van der Waals surface area (Å²) in [6.45, 7) is 0. The van der Waals surface area contributed by atoms with Crippen LogP contribution in [0, 0.1) is 5.21 Å². The van der Waals surface area contributed by atoms with E-state index in [4.69, 9.17) is 5.21 Å². The van der Waals surface area contributed by atoms with Crippen LogP contribution in [0.5, 0.6) is 0 Å². The lowest BCUT2D eigenvalue weighted by atomic mass is 10.6. The Bertz CT molecular complexity index is 396. The molecular formula is C3H2N6O2. The molecule has 2 aromatic heterocycles. The summed E-state index contributed by atoms with van der Waals surface area (Å²) >= 11 is 0. The fraction of sp³-hybridized carbons (Fsp3) is 0. The van der Waals surface area contributed by atoms with Crippen molar-refractivity contribution in [3.05, 3.63) is 11.4 Å². The number of hydrogen-bond donors (Lipinski definition) is 1. The molecule has 0 aliphatic heterocycles. The lowest BCUT2D eigenvalue weighted by molar-refractivity contribution is -0.651. The van der Waals surface area contributed by atoms with Gasteiger partial charge in [-0.15, -0.1) is 4.85 Å². The van der Waals surface area contributed by atoms with E-state index in [1.54, 1.807) is 0 Å². The summed E-state index contributed by atoms with van der Waals surface area (Å²) < 4.78 is 0. The molecule has 0 saturated carbocycles. The average molecular weight is 154 g/mol. The van der Waals surface area contributed by atoms with Crippen molar-refractivity contribution in [3.63, 3.8) is 0 Å². The van der Waals surface area contributed by atoms with Crippen molar-refractivity contribution in [2.45, 2.75) is 0 Å². The van der Waals surface area contributed by atoms with Crippen molar-refractivity contribution in [2.75, 3.05) is 0 Å². The van der Waals surface area contributed by atoms with Gasteiger partial charge >= 0.3 is 5.65 Å². The molecule has 0 amide bonds. The van der Waals surface area contributed by atoms with Gasteiger partial charge in [-0.3, -0.25) is 0 Å². The zero-order chi connectivity index (χ0) is 7.84. The lowest BCUT2D eigenvalue weighted by Crippen LogP contribution is -2.33. The van der Waals surface area contributed by atoms with Gasteiger partial charge in [0.25, 0.3) is 0 Å². The largest absolute Gasteiger partial charge is 0.721 e. The fourth-order valence-electron chi connectivity index (χ4n) is 0.698. The van der Waals surface area contributed by atoms with E-state index in [2.05, 4.69) is 20.6 Å². The van der Waals surface area contributed by atoms with Gasteiger partial charge in [0, 0.05) is 5.10 Å². The highest BCUT2D eigenvalue weighted by molar-refractivity contribution is 5.63. The number of aromatic nitrogens is 6. The van der Waals surface area contributed by atoms with Crippen molar-refractivity contribution >= 4 is 11.2 Å². The van der Waals surface area contributed by atoms with Gasteiger partial charge in [0.1, 0.15) is 11.4 Å². The van der Waals surface area contributed by atoms with Gasteiger partial charge in [-0.2, -0.15) is 0 Å². The summed E-state index contributed by atoms with van der Waals surface area (Å²) in [7, 11) is 0. The van der Waals surface area contributed by atoms with Crippen LogP contribution in [0.15, 0.2) is 6.20 Å². The van der Waals surface area contributed by atoms with Crippen molar-refractivity contribution < 1.29 is 10.1 Å². The molecule has 0 unspecified atom stereocenters. The number of fused-ring (bicyclic) bond motifs is 1. The molecule has 0 atom stereocenters. The highest BCUT2D eigenvalue weighted by Crippen LogP contribution is 1.97. The van der Waals surface area contributed by atoms with Crippen LogP contribution in [-0.4, -0.2) is 30.7 Å². The second-order valence-corrected chi connectivity index (χ2v) is 1.81. The topological polar surface area (TPSA) is 104 Å². The first kappa shape index (κ1) is 5.77.